The fraction of sp³-hybridized carbons (Fsp3) is 0.222. The van der Waals surface area contributed by atoms with E-state index in [9.17, 15) is 9.59 Å². The van der Waals surface area contributed by atoms with Crippen molar-refractivity contribution in [2.24, 2.45) is 7.05 Å². The maximum atomic E-state index is 11.6. The highest BCUT2D eigenvalue weighted by atomic mass is 16.4. The van der Waals surface area contributed by atoms with Gasteiger partial charge in [0.15, 0.2) is 0 Å². The highest BCUT2D eigenvalue weighted by molar-refractivity contribution is 5.94. The fourth-order valence-electron chi connectivity index (χ4n) is 1.32. The van der Waals surface area contributed by atoms with Gasteiger partial charge in [-0.1, -0.05) is 5.10 Å². The number of amides is 1. The van der Waals surface area contributed by atoms with Crippen LogP contribution in [0.15, 0.2) is 16.7 Å². The van der Waals surface area contributed by atoms with E-state index >= 15 is 0 Å². The Kier molecular flexibility index (Phi) is 3.04. The monoisotopic (exact) mass is 251 g/mol. The summed E-state index contributed by atoms with van der Waals surface area (Å²) in [6.07, 6.45) is 1.000. The van der Waals surface area contributed by atoms with Crippen LogP contribution in [0, 0.1) is 0 Å². The summed E-state index contributed by atoms with van der Waals surface area (Å²) in [5.74, 6) is -1.51. The molecular formula is C9H9N5O4. The zero-order valence-corrected chi connectivity index (χ0v) is 9.32. The van der Waals surface area contributed by atoms with E-state index < -0.39 is 11.9 Å². The van der Waals surface area contributed by atoms with Crippen LogP contribution in [-0.2, 0) is 18.3 Å². The fourth-order valence-corrected chi connectivity index (χ4v) is 1.32. The topological polar surface area (TPSA) is 123 Å². The van der Waals surface area contributed by atoms with Crippen molar-refractivity contribution < 1.29 is 19.1 Å². The number of nitrogens with zero attached hydrogens (tertiary/aromatic N) is 4. The van der Waals surface area contributed by atoms with Gasteiger partial charge >= 0.3 is 5.97 Å². The van der Waals surface area contributed by atoms with Crippen molar-refractivity contribution in [2.45, 2.75) is 6.42 Å². The molecule has 18 heavy (non-hydrogen) atoms. The van der Waals surface area contributed by atoms with E-state index in [1.165, 1.54) is 17.1 Å². The van der Waals surface area contributed by atoms with Crippen molar-refractivity contribution >= 4 is 17.8 Å². The lowest BCUT2D eigenvalue weighted by Gasteiger charge is -1.99. The molecule has 2 aromatic rings. The van der Waals surface area contributed by atoms with Crippen molar-refractivity contribution in [2.75, 3.05) is 5.32 Å². The van der Waals surface area contributed by atoms with Gasteiger partial charge in [-0.15, -0.1) is 5.10 Å². The molecule has 1 amide bonds. The van der Waals surface area contributed by atoms with Crippen LogP contribution < -0.4 is 5.32 Å². The van der Waals surface area contributed by atoms with Gasteiger partial charge in [0, 0.05) is 0 Å². The van der Waals surface area contributed by atoms with E-state index in [4.69, 9.17) is 9.52 Å². The third-order valence-corrected chi connectivity index (χ3v) is 2.06. The van der Waals surface area contributed by atoms with Gasteiger partial charge in [0.25, 0.3) is 5.95 Å². The minimum Gasteiger partial charge on any atom is -0.478 e. The summed E-state index contributed by atoms with van der Waals surface area (Å²) in [5, 5.41) is 22.1. The second kappa shape index (κ2) is 4.65. The van der Waals surface area contributed by atoms with E-state index in [1.54, 1.807) is 7.05 Å². The number of aromatic carboxylic acids is 1. The minimum atomic E-state index is -1.15. The van der Waals surface area contributed by atoms with Crippen molar-refractivity contribution in [1.29, 1.82) is 0 Å². The molecule has 2 aromatic heterocycles. The second-order valence-electron chi connectivity index (χ2n) is 3.39. The molecule has 2 heterocycles. The summed E-state index contributed by atoms with van der Waals surface area (Å²) in [5.41, 5.74) is -0.0442. The molecule has 0 aliphatic heterocycles. The maximum absolute atomic E-state index is 11.6. The Bertz CT molecular complexity index is 587. The average Bonchev–Trinajstić information content (AvgIpc) is 2.87. The first-order valence-corrected chi connectivity index (χ1v) is 4.90. The maximum Gasteiger partial charge on any atom is 0.339 e. The van der Waals surface area contributed by atoms with Gasteiger partial charge in [0.05, 0.1) is 19.7 Å². The average molecular weight is 251 g/mol. The van der Waals surface area contributed by atoms with Crippen LogP contribution in [0.25, 0.3) is 0 Å². The summed E-state index contributed by atoms with van der Waals surface area (Å²) in [4.78, 5) is 23.6. The zero-order chi connectivity index (χ0) is 13.1. The molecule has 0 fully saturated rings. The van der Waals surface area contributed by atoms with Gasteiger partial charge in [-0.2, -0.15) is 4.80 Å². The number of carboxylic acid groups (broad SMARTS) is 1. The van der Waals surface area contributed by atoms with E-state index in [0.717, 1.165) is 0 Å². The van der Waals surface area contributed by atoms with Gasteiger partial charge in [-0.05, 0) is 11.3 Å². The summed E-state index contributed by atoms with van der Waals surface area (Å²) >= 11 is 0. The summed E-state index contributed by atoms with van der Waals surface area (Å²) in [6.45, 7) is 0. The number of furan rings is 1. The number of carbonyl (C=O) groups excluding carboxylic acids is 1. The highest BCUT2D eigenvalue weighted by Crippen LogP contribution is 2.11. The summed E-state index contributed by atoms with van der Waals surface area (Å²) < 4.78 is 4.94. The Labute approximate surface area is 100 Å². The van der Waals surface area contributed by atoms with Crippen LogP contribution in [0.4, 0.5) is 5.95 Å². The smallest absolute Gasteiger partial charge is 0.339 e. The molecule has 0 aliphatic rings. The van der Waals surface area contributed by atoms with Crippen molar-refractivity contribution in [3.05, 3.63) is 23.7 Å². The van der Waals surface area contributed by atoms with Crippen molar-refractivity contribution in [1.82, 2.24) is 20.2 Å². The normalized spacial score (nSPS) is 10.3. The Morgan fingerprint density at radius 2 is 2.33 bits per heavy atom. The van der Waals surface area contributed by atoms with Gasteiger partial charge in [0.2, 0.25) is 5.91 Å². The molecule has 2 N–H and O–H groups in total. The molecule has 9 nitrogen and oxygen atoms in total. The molecule has 0 aliphatic carbocycles. The molecule has 0 atom stereocenters. The van der Waals surface area contributed by atoms with E-state index in [0.29, 0.717) is 0 Å². The number of hydrogen-bond acceptors (Lipinski definition) is 6. The van der Waals surface area contributed by atoms with Crippen LogP contribution in [0.1, 0.15) is 16.1 Å². The Balaban J connectivity index is 2.03. The molecule has 0 bridgehead atoms. The Morgan fingerprint density at radius 3 is 2.94 bits per heavy atom. The van der Waals surface area contributed by atoms with Gasteiger partial charge in [-0.25, -0.2) is 4.79 Å². The molecule has 94 valence electrons. The number of rotatable bonds is 4. The molecule has 0 spiro atoms. The number of nitrogens with one attached hydrogen (secondary N) is 1. The number of hydrogen-bond donors (Lipinski definition) is 2. The second-order valence-corrected chi connectivity index (χ2v) is 3.39. The summed E-state index contributed by atoms with van der Waals surface area (Å²) in [7, 11) is 1.55. The Morgan fingerprint density at radius 1 is 1.56 bits per heavy atom. The first kappa shape index (κ1) is 11.8. The van der Waals surface area contributed by atoms with Crippen LogP contribution in [0.5, 0.6) is 0 Å². The minimum absolute atomic E-state index is 0.0442. The van der Waals surface area contributed by atoms with Crippen molar-refractivity contribution in [3.8, 4) is 0 Å². The van der Waals surface area contributed by atoms with Crippen LogP contribution in [-0.4, -0.2) is 37.2 Å². The molecule has 0 radical (unpaired) electrons. The van der Waals surface area contributed by atoms with Crippen LogP contribution in [0.3, 0.4) is 0 Å². The standard InChI is InChI=1S/C9H9N5O4/c1-14-12-9(11-13-14)10-7(15)4-6-5(8(16)17)2-3-18-6/h2-3H,4H2,1H3,(H,16,17)(H,10,12,15). The molecule has 0 aromatic carbocycles. The largest absolute Gasteiger partial charge is 0.478 e. The molecule has 9 heteroatoms. The third kappa shape index (κ3) is 2.51. The van der Waals surface area contributed by atoms with E-state index in [2.05, 4.69) is 20.7 Å². The van der Waals surface area contributed by atoms with Crippen LogP contribution in [0.2, 0.25) is 0 Å². The first-order valence-electron chi connectivity index (χ1n) is 4.90. The van der Waals surface area contributed by atoms with E-state index in [-0.39, 0.29) is 23.7 Å². The SMILES string of the molecule is Cn1nnc(NC(=O)Cc2occc2C(=O)O)n1. The first-order chi connectivity index (χ1) is 8.56. The molecule has 2 rings (SSSR count). The molecular weight excluding hydrogens is 242 g/mol. The number of aryl methyl sites for hydroxylation is 1. The zero-order valence-electron chi connectivity index (χ0n) is 9.32. The van der Waals surface area contributed by atoms with Crippen molar-refractivity contribution in [3.63, 3.8) is 0 Å². The molecule has 0 unspecified atom stereocenters. The lowest BCUT2D eigenvalue weighted by molar-refractivity contribution is -0.115. The van der Waals surface area contributed by atoms with Gasteiger partial charge < -0.3 is 9.52 Å². The number of tetrazole rings is 1. The number of aromatic nitrogens is 4. The number of carboxylic acids is 1. The Hall–Kier alpha value is -2.71. The highest BCUT2D eigenvalue weighted by Gasteiger charge is 2.17. The lowest BCUT2D eigenvalue weighted by atomic mass is 10.2. The van der Waals surface area contributed by atoms with E-state index in [1.807, 2.05) is 0 Å². The van der Waals surface area contributed by atoms with Gasteiger partial charge in [0.1, 0.15) is 11.3 Å². The predicted molar refractivity (Wildman–Crippen MR) is 56.8 cm³/mol. The third-order valence-electron chi connectivity index (χ3n) is 2.06. The lowest BCUT2D eigenvalue weighted by Crippen LogP contribution is -2.16. The molecule has 0 saturated carbocycles. The van der Waals surface area contributed by atoms with Crippen LogP contribution >= 0.6 is 0 Å². The predicted octanol–water partition coefficient (Wildman–Crippen LogP) is -0.318. The van der Waals surface area contributed by atoms with Gasteiger partial charge in [-0.3, -0.25) is 10.1 Å². The quantitative estimate of drug-likeness (QED) is 0.763. The number of anilines is 1. The molecule has 0 saturated heterocycles. The summed E-state index contributed by atoms with van der Waals surface area (Å²) in [6, 6.07) is 1.28. The number of carbonyl (C=O) groups is 2.